The molecule has 29 heavy (non-hydrogen) atoms. The lowest BCUT2D eigenvalue weighted by molar-refractivity contribution is -0.119. The van der Waals surface area contributed by atoms with Gasteiger partial charge in [0.05, 0.1) is 11.4 Å². The molecule has 0 radical (unpaired) electrons. The smallest absolute Gasteiger partial charge is 0.261 e. The molecule has 6 heteroatoms. The molecule has 0 unspecified atom stereocenters. The number of nitrogens with zero attached hydrogens (tertiary/aromatic N) is 1. The number of amides is 1. The van der Waals surface area contributed by atoms with Gasteiger partial charge in [-0.2, -0.15) is 0 Å². The summed E-state index contributed by atoms with van der Waals surface area (Å²) in [5.74, 6) is 0.0781. The molecule has 4 rings (SSSR count). The van der Waals surface area contributed by atoms with E-state index in [1.54, 1.807) is 35.2 Å². The van der Waals surface area contributed by atoms with Crippen LogP contribution in [0.3, 0.4) is 0 Å². The fraction of sp³-hybridized carbons (Fsp3) is 0.174. The van der Waals surface area contributed by atoms with Gasteiger partial charge in [0.15, 0.2) is 0 Å². The van der Waals surface area contributed by atoms with Gasteiger partial charge in [0.25, 0.3) is 10.0 Å². The molecule has 0 bridgehead atoms. The standard InChI is InChI=1S/C23H22N2O3S/c1-17-7-11-21(12-8-17)29(27,28)24-20-10-13-22-19(15-20)9-14-23(26)25(22)16-18-5-3-2-4-6-18/h2-8,10-13,15,24H,9,14,16H2,1H3. The highest BCUT2D eigenvalue weighted by Crippen LogP contribution is 2.32. The molecular weight excluding hydrogens is 384 g/mol. The first-order valence-corrected chi connectivity index (χ1v) is 11.0. The van der Waals surface area contributed by atoms with Crippen LogP contribution in [-0.4, -0.2) is 14.3 Å². The summed E-state index contributed by atoms with van der Waals surface area (Å²) in [4.78, 5) is 14.5. The third-order valence-electron chi connectivity index (χ3n) is 5.05. The molecule has 0 aromatic heterocycles. The molecule has 3 aromatic carbocycles. The Labute approximate surface area is 171 Å². The summed E-state index contributed by atoms with van der Waals surface area (Å²) in [6.45, 7) is 2.41. The lowest BCUT2D eigenvalue weighted by Gasteiger charge is -2.30. The number of hydrogen-bond acceptors (Lipinski definition) is 3. The lowest BCUT2D eigenvalue weighted by Crippen LogP contribution is -2.34. The van der Waals surface area contributed by atoms with Crippen LogP contribution in [0.1, 0.15) is 23.1 Å². The van der Waals surface area contributed by atoms with E-state index in [0.717, 1.165) is 22.4 Å². The van der Waals surface area contributed by atoms with Crippen molar-refractivity contribution in [1.29, 1.82) is 0 Å². The molecule has 0 atom stereocenters. The predicted octanol–water partition coefficient (Wildman–Crippen LogP) is 4.28. The highest BCUT2D eigenvalue weighted by Gasteiger charge is 2.25. The van der Waals surface area contributed by atoms with Crippen LogP contribution in [0.15, 0.2) is 77.7 Å². The van der Waals surface area contributed by atoms with Crippen LogP contribution in [0.25, 0.3) is 0 Å². The molecule has 148 valence electrons. The Kier molecular flexibility index (Phi) is 5.11. The number of carbonyl (C=O) groups excluding carboxylic acids is 1. The number of aryl methyl sites for hydroxylation is 2. The Bertz CT molecular complexity index is 1140. The van der Waals surface area contributed by atoms with Crippen molar-refractivity contribution >= 4 is 27.3 Å². The number of fused-ring (bicyclic) bond motifs is 1. The maximum Gasteiger partial charge on any atom is 0.261 e. The van der Waals surface area contributed by atoms with Gasteiger partial charge in [0, 0.05) is 17.8 Å². The van der Waals surface area contributed by atoms with Crippen molar-refractivity contribution < 1.29 is 13.2 Å². The van der Waals surface area contributed by atoms with Crippen LogP contribution < -0.4 is 9.62 Å². The topological polar surface area (TPSA) is 66.5 Å². The van der Waals surface area contributed by atoms with E-state index in [1.165, 1.54) is 0 Å². The molecule has 0 saturated heterocycles. The van der Waals surface area contributed by atoms with Gasteiger partial charge < -0.3 is 4.90 Å². The van der Waals surface area contributed by atoms with E-state index in [9.17, 15) is 13.2 Å². The van der Waals surface area contributed by atoms with Crippen molar-refractivity contribution in [2.24, 2.45) is 0 Å². The van der Waals surface area contributed by atoms with Gasteiger partial charge >= 0.3 is 0 Å². The van der Waals surface area contributed by atoms with Crippen LogP contribution in [0.5, 0.6) is 0 Å². The van der Waals surface area contributed by atoms with Crippen molar-refractivity contribution in [3.63, 3.8) is 0 Å². The molecule has 3 aromatic rings. The second-order valence-corrected chi connectivity index (χ2v) is 8.91. The zero-order chi connectivity index (χ0) is 20.4. The van der Waals surface area contributed by atoms with Crippen molar-refractivity contribution in [1.82, 2.24) is 0 Å². The second-order valence-electron chi connectivity index (χ2n) is 7.23. The van der Waals surface area contributed by atoms with Gasteiger partial charge in [-0.3, -0.25) is 9.52 Å². The van der Waals surface area contributed by atoms with Gasteiger partial charge in [-0.15, -0.1) is 0 Å². The van der Waals surface area contributed by atoms with Gasteiger partial charge in [-0.05, 0) is 54.8 Å². The van der Waals surface area contributed by atoms with E-state index in [-0.39, 0.29) is 10.8 Å². The van der Waals surface area contributed by atoms with Crippen LogP contribution in [0.4, 0.5) is 11.4 Å². The summed E-state index contributed by atoms with van der Waals surface area (Å²) in [5, 5.41) is 0. The third-order valence-corrected chi connectivity index (χ3v) is 6.44. The van der Waals surface area contributed by atoms with Crippen LogP contribution in [-0.2, 0) is 27.8 Å². The molecule has 1 N–H and O–H groups in total. The first-order chi connectivity index (χ1) is 13.9. The van der Waals surface area contributed by atoms with Crippen molar-refractivity contribution in [2.45, 2.75) is 31.2 Å². The number of sulfonamides is 1. The molecule has 1 aliphatic heterocycles. The van der Waals surface area contributed by atoms with Gasteiger partial charge in [0.2, 0.25) is 5.91 Å². The number of hydrogen-bond donors (Lipinski definition) is 1. The van der Waals surface area contributed by atoms with E-state index >= 15 is 0 Å². The number of rotatable bonds is 5. The fourth-order valence-electron chi connectivity index (χ4n) is 3.49. The van der Waals surface area contributed by atoms with Crippen LogP contribution in [0, 0.1) is 6.92 Å². The zero-order valence-electron chi connectivity index (χ0n) is 16.1. The summed E-state index contributed by atoms with van der Waals surface area (Å²) in [6.07, 6.45) is 1.01. The molecule has 0 spiro atoms. The van der Waals surface area contributed by atoms with Crippen molar-refractivity contribution in [2.75, 3.05) is 9.62 Å². The highest BCUT2D eigenvalue weighted by molar-refractivity contribution is 7.92. The molecule has 0 saturated carbocycles. The minimum absolute atomic E-state index is 0.0781. The predicted molar refractivity (Wildman–Crippen MR) is 114 cm³/mol. The minimum atomic E-state index is -3.66. The van der Waals surface area contributed by atoms with Crippen LogP contribution in [0.2, 0.25) is 0 Å². The maximum absolute atomic E-state index is 12.7. The van der Waals surface area contributed by atoms with E-state index in [4.69, 9.17) is 0 Å². The molecule has 0 aliphatic carbocycles. The Morgan fingerprint density at radius 2 is 1.66 bits per heavy atom. The fourth-order valence-corrected chi connectivity index (χ4v) is 4.54. The van der Waals surface area contributed by atoms with Gasteiger partial charge in [-0.1, -0.05) is 48.0 Å². The van der Waals surface area contributed by atoms with Crippen LogP contribution >= 0.6 is 0 Å². The molecule has 5 nitrogen and oxygen atoms in total. The number of anilines is 2. The molecule has 1 amide bonds. The van der Waals surface area contributed by atoms with Gasteiger partial charge in [0.1, 0.15) is 0 Å². The summed E-state index contributed by atoms with van der Waals surface area (Å²) in [7, 11) is -3.66. The SMILES string of the molecule is Cc1ccc(S(=O)(=O)Nc2ccc3c(c2)CCC(=O)N3Cc2ccccc2)cc1. The molecule has 0 fully saturated rings. The Balaban J connectivity index is 1.60. The Morgan fingerprint density at radius 1 is 0.931 bits per heavy atom. The number of nitrogens with one attached hydrogen (secondary N) is 1. The maximum atomic E-state index is 12.7. The monoisotopic (exact) mass is 406 g/mol. The quantitative estimate of drug-likeness (QED) is 0.688. The normalized spacial score (nSPS) is 13.8. The Morgan fingerprint density at radius 3 is 2.38 bits per heavy atom. The summed E-state index contributed by atoms with van der Waals surface area (Å²) in [5.41, 5.74) is 4.35. The molecule has 1 heterocycles. The highest BCUT2D eigenvalue weighted by atomic mass is 32.2. The van der Waals surface area contributed by atoms with E-state index in [0.29, 0.717) is 25.1 Å². The largest absolute Gasteiger partial charge is 0.308 e. The number of carbonyl (C=O) groups is 1. The molecule has 1 aliphatic rings. The summed E-state index contributed by atoms with van der Waals surface area (Å²) >= 11 is 0. The van der Waals surface area contributed by atoms with E-state index in [2.05, 4.69) is 4.72 Å². The summed E-state index contributed by atoms with van der Waals surface area (Å²) < 4.78 is 28.0. The first kappa shape index (κ1) is 19.2. The first-order valence-electron chi connectivity index (χ1n) is 9.49. The third kappa shape index (κ3) is 4.17. The molecular formula is C23H22N2O3S. The second kappa shape index (κ2) is 7.72. The lowest BCUT2D eigenvalue weighted by atomic mass is 10.00. The minimum Gasteiger partial charge on any atom is -0.308 e. The average molecular weight is 407 g/mol. The van der Waals surface area contributed by atoms with E-state index in [1.807, 2.05) is 49.4 Å². The zero-order valence-corrected chi connectivity index (χ0v) is 16.9. The van der Waals surface area contributed by atoms with Crippen molar-refractivity contribution in [3.05, 3.63) is 89.5 Å². The van der Waals surface area contributed by atoms with E-state index < -0.39 is 10.0 Å². The number of benzene rings is 3. The van der Waals surface area contributed by atoms with Crippen molar-refractivity contribution in [3.8, 4) is 0 Å². The summed E-state index contributed by atoms with van der Waals surface area (Å²) in [6, 6.07) is 21.9. The van der Waals surface area contributed by atoms with Gasteiger partial charge in [-0.25, -0.2) is 8.42 Å². The Hall–Kier alpha value is -3.12. The average Bonchev–Trinajstić information content (AvgIpc) is 2.71.